The van der Waals surface area contributed by atoms with Gasteiger partial charge >= 0.3 is 0 Å². The summed E-state index contributed by atoms with van der Waals surface area (Å²) in [7, 11) is 0. The first kappa shape index (κ1) is 11.4. The molecular formula is C13H20N2O. The molecule has 0 radical (unpaired) electrons. The summed E-state index contributed by atoms with van der Waals surface area (Å²) in [5.41, 5.74) is 9.71. The molecule has 1 heterocycles. The third kappa shape index (κ3) is 2.20. The number of ether oxygens (including phenoxy) is 1. The normalized spacial score (nSPS) is 21.2. The minimum Gasteiger partial charge on any atom is -0.377 e. The van der Waals surface area contributed by atoms with E-state index in [1.54, 1.807) is 0 Å². The molecule has 1 fully saturated rings. The summed E-state index contributed by atoms with van der Waals surface area (Å²) in [5.74, 6) is 0. The molecule has 1 aliphatic rings. The summed E-state index contributed by atoms with van der Waals surface area (Å²) >= 11 is 0. The fourth-order valence-electron chi connectivity index (χ4n) is 2.20. The molecule has 0 amide bonds. The summed E-state index contributed by atoms with van der Waals surface area (Å²) in [6.07, 6.45) is 0. The highest BCUT2D eigenvalue weighted by Gasteiger charge is 2.22. The smallest absolute Gasteiger partial charge is 0.0683 e. The number of anilines is 1. The van der Waals surface area contributed by atoms with Gasteiger partial charge in [0.15, 0.2) is 0 Å². The van der Waals surface area contributed by atoms with Crippen molar-refractivity contribution in [3.8, 4) is 0 Å². The second kappa shape index (κ2) is 4.85. The van der Waals surface area contributed by atoms with Crippen LogP contribution in [0, 0.1) is 13.8 Å². The van der Waals surface area contributed by atoms with Crippen molar-refractivity contribution in [1.29, 1.82) is 0 Å². The Balaban J connectivity index is 2.30. The maximum absolute atomic E-state index is 5.80. The van der Waals surface area contributed by atoms with Gasteiger partial charge in [-0.25, -0.2) is 0 Å². The van der Waals surface area contributed by atoms with Gasteiger partial charge in [0.2, 0.25) is 0 Å². The Morgan fingerprint density at radius 1 is 1.44 bits per heavy atom. The van der Waals surface area contributed by atoms with Crippen LogP contribution in [0.4, 0.5) is 5.69 Å². The second-order valence-electron chi connectivity index (χ2n) is 4.45. The van der Waals surface area contributed by atoms with E-state index in [0.29, 0.717) is 12.6 Å². The highest BCUT2D eigenvalue weighted by Crippen LogP contribution is 2.24. The monoisotopic (exact) mass is 220 g/mol. The summed E-state index contributed by atoms with van der Waals surface area (Å²) in [6.45, 7) is 7.39. The zero-order valence-corrected chi connectivity index (χ0v) is 10.1. The van der Waals surface area contributed by atoms with E-state index >= 15 is 0 Å². The van der Waals surface area contributed by atoms with Gasteiger partial charge in [-0.1, -0.05) is 12.1 Å². The van der Waals surface area contributed by atoms with E-state index in [0.717, 1.165) is 19.8 Å². The lowest BCUT2D eigenvalue weighted by Gasteiger charge is -2.37. The lowest BCUT2D eigenvalue weighted by atomic mass is 10.1. The Hall–Kier alpha value is -1.06. The number of hydrogen-bond acceptors (Lipinski definition) is 3. The molecule has 3 heteroatoms. The summed E-state index contributed by atoms with van der Waals surface area (Å²) in [5, 5.41) is 0. The molecule has 1 aromatic rings. The number of hydrogen-bond donors (Lipinski definition) is 1. The lowest BCUT2D eigenvalue weighted by molar-refractivity contribution is 0.0962. The maximum atomic E-state index is 5.80. The fourth-order valence-corrected chi connectivity index (χ4v) is 2.20. The van der Waals surface area contributed by atoms with E-state index in [9.17, 15) is 0 Å². The highest BCUT2D eigenvalue weighted by molar-refractivity contribution is 5.56. The third-order valence-electron chi connectivity index (χ3n) is 3.17. The summed E-state index contributed by atoms with van der Waals surface area (Å²) < 4.78 is 5.47. The van der Waals surface area contributed by atoms with Gasteiger partial charge in [0.05, 0.1) is 19.3 Å². The van der Waals surface area contributed by atoms with Crippen molar-refractivity contribution in [2.75, 3.05) is 31.2 Å². The molecule has 0 aliphatic carbocycles. The number of nitrogens with zero attached hydrogens (tertiary/aromatic N) is 1. The van der Waals surface area contributed by atoms with E-state index in [1.807, 2.05) is 0 Å². The number of rotatable bonds is 2. The molecule has 0 bridgehead atoms. The average Bonchev–Trinajstić information content (AvgIpc) is 2.32. The second-order valence-corrected chi connectivity index (χ2v) is 4.45. The SMILES string of the molecule is Cc1ccc(C)c(N2CCOCC2CN)c1. The first-order valence-corrected chi connectivity index (χ1v) is 5.84. The molecular weight excluding hydrogens is 200 g/mol. The molecule has 1 unspecified atom stereocenters. The minimum absolute atomic E-state index is 0.314. The van der Waals surface area contributed by atoms with E-state index in [4.69, 9.17) is 10.5 Å². The van der Waals surface area contributed by atoms with E-state index in [2.05, 4.69) is 36.9 Å². The van der Waals surface area contributed by atoms with Gasteiger partial charge in [0.1, 0.15) is 0 Å². The van der Waals surface area contributed by atoms with Gasteiger partial charge < -0.3 is 15.4 Å². The Labute approximate surface area is 97.2 Å². The number of aryl methyl sites for hydroxylation is 2. The molecule has 88 valence electrons. The quantitative estimate of drug-likeness (QED) is 0.820. The van der Waals surface area contributed by atoms with Crippen LogP contribution in [0.15, 0.2) is 18.2 Å². The van der Waals surface area contributed by atoms with Crippen LogP contribution in [-0.2, 0) is 4.74 Å². The molecule has 0 spiro atoms. The van der Waals surface area contributed by atoms with Crippen molar-refractivity contribution in [3.63, 3.8) is 0 Å². The van der Waals surface area contributed by atoms with Crippen LogP contribution < -0.4 is 10.6 Å². The van der Waals surface area contributed by atoms with Crippen molar-refractivity contribution in [2.24, 2.45) is 5.73 Å². The molecule has 16 heavy (non-hydrogen) atoms. The topological polar surface area (TPSA) is 38.5 Å². The van der Waals surface area contributed by atoms with Crippen molar-refractivity contribution >= 4 is 5.69 Å². The summed E-state index contributed by atoms with van der Waals surface area (Å²) in [6, 6.07) is 6.88. The Bertz CT molecular complexity index is 365. The lowest BCUT2D eigenvalue weighted by Crippen LogP contribution is -2.49. The molecule has 2 N–H and O–H groups in total. The van der Waals surface area contributed by atoms with Gasteiger partial charge in [-0.2, -0.15) is 0 Å². The van der Waals surface area contributed by atoms with Crippen LogP contribution in [-0.4, -0.2) is 32.3 Å². The predicted octanol–water partition coefficient (Wildman–Crippen LogP) is 1.47. The van der Waals surface area contributed by atoms with Gasteiger partial charge in [-0.05, 0) is 31.0 Å². The van der Waals surface area contributed by atoms with Crippen LogP contribution >= 0.6 is 0 Å². The van der Waals surface area contributed by atoms with Crippen molar-refractivity contribution in [3.05, 3.63) is 29.3 Å². The molecule has 2 rings (SSSR count). The maximum Gasteiger partial charge on any atom is 0.0683 e. The number of benzene rings is 1. The van der Waals surface area contributed by atoms with Gasteiger partial charge in [-0.15, -0.1) is 0 Å². The largest absolute Gasteiger partial charge is 0.377 e. The van der Waals surface area contributed by atoms with Crippen LogP contribution in [0.2, 0.25) is 0 Å². The zero-order chi connectivity index (χ0) is 11.5. The number of nitrogens with two attached hydrogens (primary N) is 1. The predicted molar refractivity (Wildman–Crippen MR) is 66.9 cm³/mol. The minimum atomic E-state index is 0.314. The van der Waals surface area contributed by atoms with Crippen molar-refractivity contribution < 1.29 is 4.74 Å². The Morgan fingerprint density at radius 3 is 3.00 bits per heavy atom. The Morgan fingerprint density at radius 2 is 2.25 bits per heavy atom. The number of morpholine rings is 1. The molecule has 1 atom stereocenters. The Kier molecular flexibility index (Phi) is 3.46. The zero-order valence-electron chi connectivity index (χ0n) is 10.1. The first-order valence-electron chi connectivity index (χ1n) is 5.84. The van der Waals surface area contributed by atoms with E-state index in [1.165, 1.54) is 16.8 Å². The molecule has 0 aromatic heterocycles. The van der Waals surface area contributed by atoms with Crippen LogP contribution in [0.5, 0.6) is 0 Å². The van der Waals surface area contributed by atoms with Crippen LogP contribution in [0.1, 0.15) is 11.1 Å². The fraction of sp³-hybridized carbons (Fsp3) is 0.538. The first-order chi connectivity index (χ1) is 7.72. The van der Waals surface area contributed by atoms with E-state index < -0.39 is 0 Å². The average molecular weight is 220 g/mol. The van der Waals surface area contributed by atoms with Crippen LogP contribution in [0.3, 0.4) is 0 Å². The molecule has 0 saturated carbocycles. The summed E-state index contributed by atoms with van der Waals surface area (Å²) in [4.78, 5) is 2.38. The van der Waals surface area contributed by atoms with Crippen LogP contribution in [0.25, 0.3) is 0 Å². The van der Waals surface area contributed by atoms with Crippen molar-refractivity contribution in [2.45, 2.75) is 19.9 Å². The van der Waals surface area contributed by atoms with Gasteiger partial charge in [-0.3, -0.25) is 0 Å². The third-order valence-corrected chi connectivity index (χ3v) is 3.17. The van der Waals surface area contributed by atoms with Crippen molar-refractivity contribution in [1.82, 2.24) is 0 Å². The van der Waals surface area contributed by atoms with Gasteiger partial charge in [0.25, 0.3) is 0 Å². The van der Waals surface area contributed by atoms with E-state index in [-0.39, 0.29) is 0 Å². The molecule has 1 saturated heterocycles. The standard InChI is InChI=1S/C13H20N2O/c1-10-3-4-11(2)13(7-10)15-5-6-16-9-12(15)8-14/h3-4,7,12H,5-6,8-9,14H2,1-2H3. The molecule has 1 aliphatic heterocycles. The van der Waals surface area contributed by atoms with Gasteiger partial charge in [0, 0.05) is 18.8 Å². The molecule has 1 aromatic carbocycles. The molecule has 3 nitrogen and oxygen atoms in total. The highest BCUT2D eigenvalue weighted by atomic mass is 16.5.